The molecule has 0 amide bonds. The number of rotatable bonds is 3. The molecule has 1 aliphatic rings. The summed E-state index contributed by atoms with van der Waals surface area (Å²) in [5.74, 6) is 0.668. The van der Waals surface area contributed by atoms with Crippen LogP contribution in [0.2, 0.25) is 5.02 Å². The molecule has 5 heteroatoms. The molecule has 2 aromatic rings. The second kappa shape index (κ2) is 4.60. The Kier molecular flexibility index (Phi) is 2.94. The molecule has 0 atom stereocenters. The maximum atomic E-state index is 8.81. The van der Waals surface area contributed by atoms with Crippen LogP contribution in [0.1, 0.15) is 30.0 Å². The zero-order valence-electron chi connectivity index (χ0n) is 9.48. The minimum Gasteiger partial charge on any atom is -0.331 e. The van der Waals surface area contributed by atoms with Gasteiger partial charge >= 0.3 is 0 Å². The number of hydrogen-bond acceptors (Lipinski definition) is 4. The van der Waals surface area contributed by atoms with Gasteiger partial charge in [0, 0.05) is 17.0 Å². The largest absolute Gasteiger partial charge is 0.331 e. The van der Waals surface area contributed by atoms with Crippen LogP contribution in [0.25, 0.3) is 0 Å². The van der Waals surface area contributed by atoms with Crippen LogP contribution in [0, 0.1) is 11.3 Å². The van der Waals surface area contributed by atoms with Gasteiger partial charge in [0.1, 0.15) is 6.07 Å². The van der Waals surface area contributed by atoms with Crippen LogP contribution in [0.4, 0.5) is 10.8 Å². The van der Waals surface area contributed by atoms with E-state index in [0.717, 1.165) is 10.8 Å². The zero-order valence-corrected chi connectivity index (χ0v) is 11.1. The van der Waals surface area contributed by atoms with Crippen molar-refractivity contribution in [3.8, 4) is 6.07 Å². The molecule has 3 nitrogen and oxygen atoms in total. The Labute approximate surface area is 114 Å². The minimum absolute atomic E-state index is 0.460. The Bertz CT molecular complexity index is 625. The fraction of sp³-hybridized carbons (Fsp3) is 0.231. The summed E-state index contributed by atoms with van der Waals surface area (Å²) in [5, 5.41) is 15.5. The van der Waals surface area contributed by atoms with Crippen molar-refractivity contribution in [2.75, 3.05) is 5.32 Å². The summed E-state index contributed by atoms with van der Waals surface area (Å²) in [6.45, 7) is 0. The first-order valence-electron chi connectivity index (χ1n) is 5.68. The standard InChI is InChI=1S/C13H10ClN3S/c14-11-5-10(4-3-9(11)6-15)16-13-17-12(7-18-13)8-1-2-8/h3-5,7-8H,1-2H2,(H,16,17). The van der Waals surface area contributed by atoms with E-state index in [1.165, 1.54) is 18.5 Å². The van der Waals surface area contributed by atoms with Gasteiger partial charge in [-0.2, -0.15) is 5.26 Å². The van der Waals surface area contributed by atoms with Crippen LogP contribution in [-0.2, 0) is 0 Å². The van der Waals surface area contributed by atoms with Crippen LogP contribution in [0.15, 0.2) is 23.6 Å². The monoisotopic (exact) mass is 275 g/mol. The highest BCUT2D eigenvalue weighted by molar-refractivity contribution is 7.13. The lowest BCUT2D eigenvalue weighted by Crippen LogP contribution is -1.91. The lowest BCUT2D eigenvalue weighted by molar-refractivity contribution is 1.05. The normalized spacial score (nSPS) is 14.2. The zero-order chi connectivity index (χ0) is 12.5. The van der Waals surface area contributed by atoms with Crippen LogP contribution >= 0.6 is 22.9 Å². The van der Waals surface area contributed by atoms with Crippen molar-refractivity contribution in [1.82, 2.24) is 4.98 Å². The Hall–Kier alpha value is -1.57. The summed E-state index contributed by atoms with van der Waals surface area (Å²) < 4.78 is 0. The van der Waals surface area contributed by atoms with Crippen molar-refractivity contribution in [3.05, 3.63) is 39.9 Å². The maximum Gasteiger partial charge on any atom is 0.187 e. The summed E-state index contributed by atoms with van der Waals surface area (Å²) in [6, 6.07) is 7.33. The number of halogens is 1. The molecule has 3 rings (SSSR count). The van der Waals surface area contributed by atoms with Gasteiger partial charge in [-0.25, -0.2) is 4.98 Å². The minimum atomic E-state index is 0.460. The van der Waals surface area contributed by atoms with Gasteiger partial charge in [-0.15, -0.1) is 11.3 Å². The third-order valence-electron chi connectivity index (χ3n) is 2.86. The van der Waals surface area contributed by atoms with Crippen LogP contribution < -0.4 is 5.32 Å². The first-order chi connectivity index (χ1) is 8.76. The predicted octanol–water partition coefficient (Wildman–Crippen LogP) is 4.29. The molecule has 1 N–H and O–H groups in total. The quantitative estimate of drug-likeness (QED) is 0.909. The first kappa shape index (κ1) is 11.5. The smallest absolute Gasteiger partial charge is 0.187 e. The third-order valence-corrected chi connectivity index (χ3v) is 3.95. The summed E-state index contributed by atoms with van der Waals surface area (Å²) in [5.41, 5.74) is 2.53. The molecule has 0 aliphatic heterocycles. The van der Waals surface area contributed by atoms with Gasteiger partial charge in [-0.1, -0.05) is 11.6 Å². The van der Waals surface area contributed by atoms with Crippen LogP contribution in [0.3, 0.4) is 0 Å². The number of benzene rings is 1. The van der Waals surface area contributed by atoms with E-state index in [4.69, 9.17) is 16.9 Å². The van der Waals surface area contributed by atoms with Gasteiger partial charge in [0.15, 0.2) is 5.13 Å². The number of nitriles is 1. The van der Waals surface area contributed by atoms with E-state index < -0.39 is 0 Å². The third kappa shape index (κ3) is 2.33. The molecule has 1 fully saturated rings. The van der Waals surface area contributed by atoms with E-state index in [1.54, 1.807) is 23.5 Å². The molecule has 1 aromatic carbocycles. The van der Waals surface area contributed by atoms with Crippen molar-refractivity contribution < 1.29 is 0 Å². The number of aromatic nitrogens is 1. The average Bonchev–Trinajstić information content (AvgIpc) is 3.11. The lowest BCUT2D eigenvalue weighted by atomic mass is 10.2. The van der Waals surface area contributed by atoms with Crippen LogP contribution in [-0.4, -0.2) is 4.98 Å². The maximum absolute atomic E-state index is 8.81. The second-order valence-corrected chi connectivity index (χ2v) is 5.55. The van der Waals surface area contributed by atoms with Gasteiger partial charge in [0.2, 0.25) is 0 Å². The lowest BCUT2D eigenvalue weighted by Gasteiger charge is -2.03. The molecular weight excluding hydrogens is 266 g/mol. The van der Waals surface area contributed by atoms with E-state index in [1.807, 2.05) is 12.1 Å². The molecule has 1 saturated carbocycles. The Morgan fingerprint density at radius 2 is 2.28 bits per heavy atom. The Balaban J connectivity index is 1.78. The molecule has 0 saturated heterocycles. The van der Waals surface area contributed by atoms with Crippen LogP contribution in [0.5, 0.6) is 0 Å². The van der Waals surface area contributed by atoms with Crippen molar-refractivity contribution >= 4 is 33.8 Å². The molecule has 0 radical (unpaired) electrons. The molecule has 0 unspecified atom stereocenters. The molecule has 1 aromatic heterocycles. The first-order valence-corrected chi connectivity index (χ1v) is 6.94. The van der Waals surface area contributed by atoms with Crippen molar-refractivity contribution in [2.45, 2.75) is 18.8 Å². The molecular formula is C13H10ClN3S. The van der Waals surface area contributed by atoms with Gasteiger partial charge < -0.3 is 5.32 Å². The van der Waals surface area contributed by atoms with E-state index in [2.05, 4.69) is 15.7 Å². The van der Waals surface area contributed by atoms with E-state index in [0.29, 0.717) is 16.5 Å². The Morgan fingerprint density at radius 1 is 1.44 bits per heavy atom. The molecule has 1 heterocycles. The highest BCUT2D eigenvalue weighted by Gasteiger charge is 2.26. The summed E-state index contributed by atoms with van der Waals surface area (Å²) in [6.07, 6.45) is 2.51. The highest BCUT2D eigenvalue weighted by atomic mass is 35.5. The average molecular weight is 276 g/mol. The van der Waals surface area contributed by atoms with Gasteiger partial charge in [0.25, 0.3) is 0 Å². The molecule has 0 spiro atoms. The summed E-state index contributed by atoms with van der Waals surface area (Å²) in [4.78, 5) is 4.54. The fourth-order valence-corrected chi connectivity index (χ4v) is 2.75. The SMILES string of the molecule is N#Cc1ccc(Nc2nc(C3CC3)cs2)cc1Cl. The van der Waals surface area contributed by atoms with Crippen molar-refractivity contribution in [3.63, 3.8) is 0 Å². The molecule has 1 aliphatic carbocycles. The topological polar surface area (TPSA) is 48.7 Å². The molecule has 0 bridgehead atoms. The van der Waals surface area contributed by atoms with E-state index >= 15 is 0 Å². The summed E-state index contributed by atoms with van der Waals surface area (Å²) in [7, 11) is 0. The van der Waals surface area contributed by atoms with Gasteiger partial charge in [-0.3, -0.25) is 0 Å². The fourth-order valence-electron chi connectivity index (χ4n) is 1.72. The predicted molar refractivity (Wildman–Crippen MR) is 73.5 cm³/mol. The van der Waals surface area contributed by atoms with Gasteiger partial charge in [0.05, 0.1) is 16.3 Å². The van der Waals surface area contributed by atoms with Crippen molar-refractivity contribution in [2.24, 2.45) is 0 Å². The van der Waals surface area contributed by atoms with E-state index in [-0.39, 0.29) is 0 Å². The Morgan fingerprint density at radius 3 is 2.94 bits per heavy atom. The molecule has 18 heavy (non-hydrogen) atoms. The molecule has 90 valence electrons. The van der Waals surface area contributed by atoms with Crippen molar-refractivity contribution in [1.29, 1.82) is 5.26 Å². The number of nitrogens with zero attached hydrogens (tertiary/aromatic N) is 2. The van der Waals surface area contributed by atoms with E-state index in [9.17, 15) is 0 Å². The second-order valence-electron chi connectivity index (χ2n) is 4.28. The van der Waals surface area contributed by atoms with Gasteiger partial charge in [-0.05, 0) is 31.0 Å². The number of thiazole rings is 1. The number of hydrogen-bond donors (Lipinski definition) is 1. The number of nitrogens with one attached hydrogen (secondary N) is 1. The number of anilines is 2. The highest BCUT2D eigenvalue weighted by Crippen LogP contribution is 2.41. The summed E-state index contributed by atoms with van der Waals surface area (Å²) >= 11 is 7.58.